The summed E-state index contributed by atoms with van der Waals surface area (Å²) in [5.41, 5.74) is 3.31. The molecule has 1 aromatic rings. The highest BCUT2D eigenvalue weighted by atomic mass is 16.6. The van der Waals surface area contributed by atoms with E-state index in [1.807, 2.05) is 0 Å². The van der Waals surface area contributed by atoms with E-state index in [4.69, 9.17) is 5.73 Å². The number of nitrogens with one attached hydrogen (secondary N) is 1. The molecule has 1 unspecified atom stereocenters. The third-order valence-electron chi connectivity index (χ3n) is 2.41. The predicted octanol–water partition coefficient (Wildman–Crippen LogP) is -1.09. The summed E-state index contributed by atoms with van der Waals surface area (Å²) in [6.07, 6.45) is -0.656. The fourth-order valence-corrected chi connectivity index (χ4v) is 1.49. The standard InChI is InChI=1S/C10H10N4O7/c11-9(15)4-7(10(16)17)12-6-2-1-5(13(18)19)3-8(6)14(20)21/h1-3,7,12H,4H2,(H2,11,15)(H,16,17)/p-1. The summed E-state index contributed by atoms with van der Waals surface area (Å²) >= 11 is 0. The number of hydrogen-bond donors (Lipinski definition) is 2. The summed E-state index contributed by atoms with van der Waals surface area (Å²) in [5.74, 6) is -2.65. The minimum Gasteiger partial charge on any atom is -0.548 e. The SMILES string of the molecule is NC(=O)CC(Nc1ccc([N+](=O)[O-])cc1[N+](=O)[O-])C(=O)[O-]. The molecule has 0 spiro atoms. The first-order valence-electron chi connectivity index (χ1n) is 5.41. The molecule has 21 heavy (non-hydrogen) atoms. The van der Waals surface area contributed by atoms with Crippen LogP contribution in [0.2, 0.25) is 0 Å². The van der Waals surface area contributed by atoms with Gasteiger partial charge in [-0.1, -0.05) is 0 Å². The number of hydrogen-bond acceptors (Lipinski definition) is 8. The second kappa shape index (κ2) is 6.27. The van der Waals surface area contributed by atoms with Gasteiger partial charge in [0.1, 0.15) is 5.69 Å². The second-order valence-electron chi connectivity index (χ2n) is 3.90. The first-order valence-corrected chi connectivity index (χ1v) is 5.41. The molecule has 0 bridgehead atoms. The second-order valence-corrected chi connectivity index (χ2v) is 3.90. The van der Waals surface area contributed by atoms with E-state index in [2.05, 4.69) is 5.32 Å². The van der Waals surface area contributed by atoms with Gasteiger partial charge in [-0.15, -0.1) is 0 Å². The minimum absolute atomic E-state index is 0.305. The quantitative estimate of drug-likeness (QED) is 0.469. The molecular formula is C10H9N4O7-. The number of carboxylic acids is 1. The number of primary amides is 1. The maximum Gasteiger partial charge on any atom is 0.299 e. The number of rotatable bonds is 7. The Labute approximate surface area is 116 Å². The molecule has 0 aliphatic rings. The van der Waals surface area contributed by atoms with Crippen molar-refractivity contribution in [1.82, 2.24) is 0 Å². The van der Waals surface area contributed by atoms with Crippen LogP contribution in [0.3, 0.4) is 0 Å². The third kappa shape index (κ3) is 4.12. The number of amides is 1. The zero-order valence-electron chi connectivity index (χ0n) is 10.3. The van der Waals surface area contributed by atoms with Gasteiger partial charge in [-0.3, -0.25) is 25.0 Å². The number of carboxylic acid groups (broad SMARTS) is 1. The van der Waals surface area contributed by atoms with Gasteiger partial charge in [0.2, 0.25) is 5.91 Å². The van der Waals surface area contributed by atoms with Crippen LogP contribution in [0.1, 0.15) is 6.42 Å². The summed E-state index contributed by atoms with van der Waals surface area (Å²) in [5, 5.41) is 34.5. The molecule has 0 fully saturated rings. The van der Waals surface area contributed by atoms with Crippen LogP contribution in [0.4, 0.5) is 17.1 Å². The van der Waals surface area contributed by atoms with Crippen molar-refractivity contribution in [3.05, 3.63) is 38.4 Å². The Morgan fingerprint density at radius 1 is 1.24 bits per heavy atom. The first kappa shape index (κ1) is 15.8. The number of carbonyl (C=O) groups excluding carboxylic acids is 2. The lowest BCUT2D eigenvalue weighted by atomic mass is 10.1. The molecular weight excluding hydrogens is 288 g/mol. The van der Waals surface area contributed by atoms with Gasteiger partial charge < -0.3 is 21.0 Å². The van der Waals surface area contributed by atoms with Crippen LogP contribution < -0.4 is 16.2 Å². The summed E-state index contributed by atoms with van der Waals surface area (Å²) < 4.78 is 0. The van der Waals surface area contributed by atoms with Crippen molar-refractivity contribution in [3.8, 4) is 0 Å². The molecule has 11 nitrogen and oxygen atoms in total. The predicted molar refractivity (Wildman–Crippen MR) is 66.0 cm³/mol. The smallest absolute Gasteiger partial charge is 0.299 e. The van der Waals surface area contributed by atoms with E-state index < -0.39 is 45.6 Å². The lowest BCUT2D eigenvalue weighted by molar-refractivity contribution is -0.393. The van der Waals surface area contributed by atoms with Crippen molar-refractivity contribution in [1.29, 1.82) is 0 Å². The normalized spacial score (nSPS) is 11.4. The van der Waals surface area contributed by atoms with Crippen molar-refractivity contribution >= 4 is 28.9 Å². The topological polar surface area (TPSA) is 182 Å². The van der Waals surface area contributed by atoms with Gasteiger partial charge in [0.25, 0.3) is 11.4 Å². The Bertz CT molecular complexity index is 615. The van der Waals surface area contributed by atoms with Gasteiger partial charge in [0.05, 0.1) is 34.3 Å². The van der Waals surface area contributed by atoms with E-state index in [1.54, 1.807) is 0 Å². The number of benzene rings is 1. The van der Waals surface area contributed by atoms with E-state index in [-0.39, 0.29) is 5.69 Å². The highest BCUT2D eigenvalue weighted by Crippen LogP contribution is 2.29. The molecule has 0 aliphatic heterocycles. The molecule has 1 amide bonds. The molecule has 112 valence electrons. The van der Waals surface area contributed by atoms with E-state index in [1.165, 1.54) is 0 Å². The Kier molecular flexibility index (Phi) is 4.72. The molecule has 1 atom stereocenters. The van der Waals surface area contributed by atoms with Crippen LogP contribution >= 0.6 is 0 Å². The Balaban J connectivity index is 3.16. The molecule has 0 saturated heterocycles. The summed E-state index contributed by atoms with van der Waals surface area (Å²) in [6.45, 7) is 0. The van der Waals surface area contributed by atoms with E-state index in [0.717, 1.165) is 12.1 Å². The summed E-state index contributed by atoms with van der Waals surface area (Å²) in [4.78, 5) is 41.2. The number of nitro benzene ring substituents is 2. The number of carbonyl (C=O) groups is 2. The molecule has 1 aromatic carbocycles. The third-order valence-corrected chi connectivity index (χ3v) is 2.41. The zero-order chi connectivity index (χ0) is 16.2. The lowest BCUT2D eigenvalue weighted by Crippen LogP contribution is -2.43. The Hall–Kier alpha value is -3.24. The highest BCUT2D eigenvalue weighted by Gasteiger charge is 2.22. The van der Waals surface area contributed by atoms with Crippen molar-refractivity contribution in [2.24, 2.45) is 5.73 Å². The molecule has 0 radical (unpaired) electrons. The summed E-state index contributed by atoms with van der Waals surface area (Å²) in [6, 6.07) is 0.987. The first-order chi connectivity index (χ1) is 9.72. The van der Waals surface area contributed by atoms with Crippen molar-refractivity contribution in [2.45, 2.75) is 12.5 Å². The van der Waals surface area contributed by atoms with Gasteiger partial charge in [0.15, 0.2) is 0 Å². The van der Waals surface area contributed by atoms with Gasteiger partial charge in [-0.25, -0.2) is 0 Å². The molecule has 0 aliphatic carbocycles. The molecule has 0 heterocycles. The summed E-state index contributed by atoms with van der Waals surface area (Å²) in [7, 11) is 0. The Morgan fingerprint density at radius 2 is 1.86 bits per heavy atom. The average molecular weight is 297 g/mol. The zero-order valence-corrected chi connectivity index (χ0v) is 10.3. The van der Waals surface area contributed by atoms with Crippen molar-refractivity contribution < 1.29 is 24.5 Å². The van der Waals surface area contributed by atoms with E-state index in [9.17, 15) is 34.9 Å². The van der Waals surface area contributed by atoms with Crippen LogP contribution in [0.25, 0.3) is 0 Å². The average Bonchev–Trinajstić information content (AvgIpc) is 2.37. The molecule has 1 rings (SSSR count). The van der Waals surface area contributed by atoms with Crippen molar-refractivity contribution in [2.75, 3.05) is 5.32 Å². The van der Waals surface area contributed by atoms with Gasteiger partial charge in [-0.05, 0) is 6.07 Å². The maximum absolute atomic E-state index is 10.9. The maximum atomic E-state index is 10.9. The number of non-ortho nitro benzene ring substituents is 1. The highest BCUT2D eigenvalue weighted by molar-refractivity contribution is 5.85. The number of anilines is 1. The fraction of sp³-hybridized carbons (Fsp3) is 0.200. The Morgan fingerprint density at radius 3 is 2.29 bits per heavy atom. The molecule has 0 aromatic heterocycles. The monoisotopic (exact) mass is 297 g/mol. The van der Waals surface area contributed by atoms with E-state index >= 15 is 0 Å². The molecule has 0 saturated carbocycles. The lowest BCUT2D eigenvalue weighted by Gasteiger charge is -2.19. The largest absolute Gasteiger partial charge is 0.548 e. The minimum atomic E-state index is -1.69. The molecule has 11 heteroatoms. The number of aliphatic carboxylic acids is 1. The molecule has 3 N–H and O–H groups in total. The van der Waals surface area contributed by atoms with Crippen LogP contribution in [0.5, 0.6) is 0 Å². The fourth-order valence-electron chi connectivity index (χ4n) is 1.49. The van der Waals surface area contributed by atoms with Gasteiger partial charge in [-0.2, -0.15) is 0 Å². The van der Waals surface area contributed by atoms with Gasteiger partial charge >= 0.3 is 0 Å². The van der Waals surface area contributed by atoms with Crippen LogP contribution in [0, 0.1) is 20.2 Å². The number of nitrogens with zero attached hydrogens (tertiary/aromatic N) is 2. The van der Waals surface area contributed by atoms with Crippen LogP contribution in [-0.2, 0) is 9.59 Å². The number of nitrogens with two attached hydrogens (primary N) is 1. The van der Waals surface area contributed by atoms with Gasteiger partial charge in [0, 0.05) is 6.07 Å². The van der Waals surface area contributed by atoms with Crippen LogP contribution in [0.15, 0.2) is 18.2 Å². The number of nitro groups is 2. The van der Waals surface area contributed by atoms with E-state index in [0.29, 0.717) is 6.07 Å². The van der Waals surface area contributed by atoms with Crippen LogP contribution in [-0.4, -0.2) is 27.8 Å². The van der Waals surface area contributed by atoms with Crippen molar-refractivity contribution in [3.63, 3.8) is 0 Å².